The van der Waals surface area contributed by atoms with Gasteiger partial charge in [0.15, 0.2) is 6.29 Å². The highest BCUT2D eigenvalue weighted by Crippen LogP contribution is 2.08. The van der Waals surface area contributed by atoms with Crippen LogP contribution in [0.1, 0.15) is 6.42 Å². The maximum absolute atomic E-state index is 11.0. The maximum atomic E-state index is 11.0. The highest BCUT2D eigenvalue weighted by molar-refractivity contribution is 7.88. The molecule has 0 atom stereocenters. The van der Waals surface area contributed by atoms with Gasteiger partial charge in [-0.25, -0.2) is 12.7 Å². The van der Waals surface area contributed by atoms with Gasteiger partial charge in [-0.15, -0.1) is 0 Å². The second-order valence-electron chi connectivity index (χ2n) is 3.04. The van der Waals surface area contributed by atoms with E-state index in [1.54, 1.807) is 7.05 Å². The van der Waals surface area contributed by atoms with Crippen LogP contribution in [-0.4, -0.2) is 52.1 Å². The summed E-state index contributed by atoms with van der Waals surface area (Å²) in [5.41, 5.74) is 0. The summed E-state index contributed by atoms with van der Waals surface area (Å²) in [6.45, 7) is 1.64. The third-order valence-corrected chi connectivity index (χ3v) is 3.25. The van der Waals surface area contributed by atoms with Gasteiger partial charge in [0.1, 0.15) is 0 Å². The molecule has 1 rings (SSSR count). The molecule has 1 aliphatic heterocycles. The molecule has 0 aromatic heterocycles. The fraction of sp³-hybridized carbons (Fsp3) is 1.00. The molecule has 1 saturated heterocycles. The highest BCUT2D eigenvalue weighted by atomic mass is 32.2. The van der Waals surface area contributed by atoms with Crippen molar-refractivity contribution >= 4 is 10.0 Å². The minimum Gasteiger partial charge on any atom is -0.350 e. The van der Waals surface area contributed by atoms with Crippen molar-refractivity contribution in [2.75, 3.05) is 33.1 Å². The van der Waals surface area contributed by atoms with Gasteiger partial charge in [-0.3, -0.25) is 0 Å². The van der Waals surface area contributed by atoms with Gasteiger partial charge in [0, 0.05) is 20.0 Å². The zero-order valence-corrected chi connectivity index (χ0v) is 8.71. The molecule has 0 saturated carbocycles. The third kappa shape index (κ3) is 3.60. The van der Waals surface area contributed by atoms with Crippen LogP contribution in [-0.2, 0) is 19.5 Å². The lowest BCUT2D eigenvalue weighted by Gasteiger charge is -2.15. The van der Waals surface area contributed by atoms with Crippen LogP contribution < -0.4 is 0 Å². The van der Waals surface area contributed by atoms with Crippen molar-refractivity contribution in [1.82, 2.24) is 4.31 Å². The van der Waals surface area contributed by atoms with Gasteiger partial charge in [0.25, 0.3) is 0 Å². The molecule has 5 nitrogen and oxygen atoms in total. The van der Waals surface area contributed by atoms with Gasteiger partial charge < -0.3 is 9.47 Å². The summed E-state index contributed by atoms with van der Waals surface area (Å²) < 4.78 is 33.6. The van der Waals surface area contributed by atoms with Crippen LogP contribution >= 0.6 is 0 Å². The van der Waals surface area contributed by atoms with E-state index < -0.39 is 10.0 Å². The molecular weight excluding hydrogens is 194 g/mol. The molecule has 0 aromatic rings. The Labute approximate surface area is 78.7 Å². The summed E-state index contributed by atoms with van der Waals surface area (Å²) in [6, 6.07) is 0. The lowest BCUT2D eigenvalue weighted by Crippen LogP contribution is -2.29. The second-order valence-corrected chi connectivity index (χ2v) is 5.13. The van der Waals surface area contributed by atoms with Gasteiger partial charge in [-0.2, -0.15) is 0 Å². The molecule has 0 N–H and O–H groups in total. The van der Waals surface area contributed by atoms with Crippen LogP contribution in [0.15, 0.2) is 0 Å². The summed E-state index contributed by atoms with van der Waals surface area (Å²) in [4.78, 5) is 0. The fourth-order valence-electron chi connectivity index (χ4n) is 1.03. The van der Waals surface area contributed by atoms with Crippen molar-refractivity contribution in [3.63, 3.8) is 0 Å². The molecule has 0 radical (unpaired) electrons. The Morgan fingerprint density at radius 2 is 1.92 bits per heavy atom. The molecule has 0 spiro atoms. The molecule has 0 amide bonds. The average Bonchev–Trinajstić information content (AvgIpc) is 2.50. The first-order chi connectivity index (χ1) is 6.00. The molecule has 78 valence electrons. The van der Waals surface area contributed by atoms with E-state index >= 15 is 0 Å². The van der Waals surface area contributed by atoms with Crippen LogP contribution in [0, 0.1) is 0 Å². The van der Waals surface area contributed by atoms with Crippen LogP contribution in [0.3, 0.4) is 0 Å². The molecule has 1 heterocycles. The number of ether oxygens (including phenoxy) is 2. The normalized spacial score (nSPS) is 19.9. The lowest BCUT2D eigenvalue weighted by atomic mass is 10.4. The number of nitrogens with zero attached hydrogens (tertiary/aromatic N) is 1. The summed E-state index contributed by atoms with van der Waals surface area (Å²) in [7, 11) is -1.53. The Morgan fingerprint density at radius 1 is 1.38 bits per heavy atom. The Kier molecular flexibility index (Phi) is 3.66. The Balaban J connectivity index is 2.25. The SMILES string of the molecule is CN(CCC1OCCO1)S(C)(=O)=O. The average molecular weight is 209 g/mol. The standard InChI is InChI=1S/C7H15NO4S/c1-8(13(2,9)10)4-3-7-11-5-6-12-7/h7H,3-6H2,1-2H3. The van der Waals surface area contributed by atoms with E-state index in [9.17, 15) is 8.42 Å². The molecular formula is C7H15NO4S. The third-order valence-electron chi connectivity index (χ3n) is 1.94. The van der Waals surface area contributed by atoms with Crippen molar-refractivity contribution in [3.8, 4) is 0 Å². The zero-order chi connectivity index (χ0) is 9.90. The minimum absolute atomic E-state index is 0.232. The van der Waals surface area contributed by atoms with Crippen LogP contribution in [0.2, 0.25) is 0 Å². The smallest absolute Gasteiger partial charge is 0.210 e. The van der Waals surface area contributed by atoms with Crippen molar-refractivity contribution in [2.24, 2.45) is 0 Å². The number of hydrogen-bond donors (Lipinski definition) is 0. The lowest BCUT2D eigenvalue weighted by molar-refractivity contribution is -0.0480. The Hall–Kier alpha value is -0.170. The maximum Gasteiger partial charge on any atom is 0.210 e. The zero-order valence-electron chi connectivity index (χ0n) is 7.89. The minimum atomic E-state index is -3.07. The van der Waals surface area contributed by atoms with Gasteiger partial charge in [0.2, 0.25) is 10.0 Å². The molecule has 1 aliphatic rings. The van der Waals surface area contributed by atoms with Gasteiger partial charge in [0.05, 0.1) is 19.5 Å². The van der Waals surface area contributed by atoms with E-state index in [1.165, 1.54) is 10.6 Å². The quantitative estimate of drug-likeness (QED) is 0.634. The predicted molar refractivity (Wildman–Crippen MR) is 47.8 cm³/mol. The first-order valence-electron chi connectivity index (χ1n) is 4.14. The van der Waals surface area contributed by atoms with Gasteiger partial charge >= 0.3 is 0 Å². The van der Waals surface area contributed by atoms with E-state index in [2.05, 4.69) is 0 Å². The van der Waals surface area contributed by atoms with E-state index in [4.69, 9.17) is 9.47 Å². The Bertz CT molecular complexity index is 245. The monoisotopic (exact) mass is 209 g/mol. The molecule has 0 unspecified atom stereocenters. The van der Waals surface area contributed by atoms with Crippen molar-refractivity contribution in [1.29, 1.82) is 0 Å². The van der Waals surface area contributed by atoms with E-state index in [1.807, 2.05) is 0 Å². The van der Waals surface area contributed by atoms with Crippen LogP contribution in [0.4, 0.5) is 0 Å². The largest absolute Gasteiger partial charge is 0.350 e. The van der Waals surface area contributed by atoms with Gasteiger partial charge in [-0.05, 0) is 0 Å². The highest BCUT2D eigenvalue weighted by Gasteiger charge is 2.18. The molecule has 1 fully saturated rings. The van der Waals surface area contributed by atoms with E-state index in [0.717, 1.165) is 0 Å². The van der Waals surface area contributed by atoms with E-state index in [-0.39, 0.29) is 6.29 Å². The van der Waals surface area contributed by atoms with Crippen LogP contribution in [0.25, 0.3) is 0 Å². The molecule has 0 aromatic carbocycles. The summed E-state index contributed by atoms with van der Waals surface area (Å²) >= 11 is 0. The summed E-state index contributed by atoms with van der Waals surface area (Å²) in [5, 5.41) is 0. The van der Waals surface area contributed by atoms with Crippen LogP contribution in [0.5, 0.6) is 0 Å². The first kappa shape index (κ1) is 10.9. The number of hydrogen-bond acceptors (Lipinski definition) is 4. The fourth-order valence-corrected chi connectivity index (χ4v) is 1.46. The van der Waals surface area contributed by atoms with Crippen molar-refractivity contribution in [2.45, 2.75) is 12.7 Å². The molecule has 0 aliphatic carbocycles. The predicted octanol–water partition coefficient (Wildman–Crippen LogP) is -0.359. The Morgan fingerprint density at radius 3 is 2.38 bits per heavy atom. The molecule has 0 bridgehead atoms. The van der Waals surface area contributed by atoms with Crippen molar-refractivity contribution in [3.05, 3.63) is 0 Å². The van der Waals surface area contributed by atoms with Gasteiger partial charge in [-0.1, -0.05) is 0 Å². The summed E-state index contributed by atoms with van der Waals surface area (Å²) in [6.07, 6.45) is 1.54. The van der Waals surface area contributed by atoms with Crippen molar-refractivity contribution < 1.29 is 17.9 Å². The van der Waals surface area contributed by atoms with E-state index in [0.29, 0.717) is 26.2 Å². The summed E-state index contributed by atoms with van der Waals surface area (Å²) in [5.74, 6) is 0. The second kappa shape index (κ2) is 4.36. The molecule has 6 heteroatoms. The number of sulfonamides is 1. The molecule has 13 heavy (non-hydrogen) atoms. The topological polar surface area (TPSA) is 55.8 Å². The number of rotatable bonds is 4. The first-order valence-corrected chi connectivity index (χ1v) is 5.99.